The first-order valence-electron chi connectivity index (χ1n) is 5.23. The Hall–Kier alpha value is -1.51. The van der Waals surface area contributed by atoms with E-state index < -0.39 is 0 Å². The summed E-state index contributed by atoms with van der Waals surface area (Å²) in [6.45, 7) is 4.22. The van der Waals surface area contributed by atoms with Crippen LogP contribution in [0.25, 0.3) is 0 Å². The molecule has 1 aromatic carbocycles. The predicted octanol–water partition coefficient (Wildman–Crippen LogP) is 2.64. The van der Waals surface area contributed by atoms with E-state index in [4.69, 9.17) is 5.73 Å². The Kier molecular flexibility index (Phi) is 4.16. The van der Waals surface area contributed by atoms with Gasteiger partial charge in [0, 0.05) is 17.8 Å². The molecule has 0 atom stereocenters. The molecule has 0 heterocycles. The minimum Gasteiger partial charge on any atom is -0.399 e. The summed E-state index contributed by atoms with van der Waals surface area (Å²) in [5.74, 6) is 0.621. The maximum atomic E-state index is 11.5. The minimum atomic E-state index is 0.0634. The fourth-order valence-electron chi connectivity index (χ4n) is 1.21. The van der Waals surface area contributed by atoms with Crippen LogP contribution in [0.5, 0.6) is 0 Å². The lowest BCUT2D eigenvalue weighted by Crippen LogP contribution is -2.12. The van der Waals surface area contributed by atoms with Crippen LogP contribution in [-0.2, 0) is 4.79 Å². The molecule has 0 aromatic heterocycles. The molecule has 0 spiro atoms. The number of nitrogens with one attached hydrogen (secondary N) is 1. The van der Waals surface area contributed by atoms with E-state index in [2.05, 4.69) is 19.2 Å². The molecule has 0 unspecified atom stereocenters. The number of amides is 1. The Labute approximate surface area is 90.7 Å². The highest BCUT2D eigenvalue weighted by Gasteiger charge is 2.03. The molecular formula is C12H18N2O. The third-order valence-corrected chi connectivity index (χ3v) is 2.14. The lowest BCUT2D eigenvalue weighted by atomic mass is 10.1. The number of nitrogens with two attached hydrogens (primary N) is 1. The Morgan fingerprint density at radius 3 is 2.47 bits per heavy atom. The van der Waals surface area contributed by atoms with Crippen molar-refractivity contribution >= 4 is 17.3 Å². The van der Waals surface area contributed by atoms with Crippen LogP contribution in [0.1, 0.15) is 26.7 Å². The third-order valence-electron chi connectivity index (χ3n) is 2.14. The maximum Gasteiger partial charge on any atom is 0.224 e. The summed E-state index contributed by atoms with van der Waals surface area (Å²) in [6.07, 6.45) is 1.49. The normalized spacial score (nSPS) is 10.3. The van der Waals surface area contributed by atoms with Crippen LogP contribution in [0.4, 0.5) is 11.4 Å². The van der Waals surface area contributed by atoms with Gasteiger partial charge in [-0.15, -0.1) is 0 Å². The monoisotopic (exact) mass is 206 g/mol. The summed E-state index contributed by atoms with van der Waals surface area (Å²) in [4.78, 5) is 11.5. The van der Waals surface area contributed by atoms with E-state index >= 15 is 0 Å². The summed E-state index contributed by atoms with van der Waals surface area (Å²) in [7, 11) is 0. The smallest absolute Gasteiger partial charge is 0.224 e. The minimum absolute atomic E-state index is 0.0634. The Morgan fingerprint density at radius 2 is 1.93 bits per heavy atom. The molecule has 0 bridgehead atoms. The van der Waals surface area contributed by atoms with Crippen LogP contribution in [0.2, 0.25) is 0 Å². The molecule has 15 heavy (non-hydrogen) atoms. The molecule has 1 rings (SSSR count). The third kappa shape index (κ3) is 4.49. The van der Waals surface area contributed by atoms with Gasteiger partial charge in [0.2, 0.25) is 5.91 Å². The fourth-order valence-corrected chi connectivity index (χ4v) is 1.21. The highest BCUT2D eigenvalue weighted by atomic mass is 16.1. The van der Waals surface area contributed by atoms with Gasteiger partial charge in [-0.2, -0.15) is 0 Å². The molecule has 0 aliphatic rings. The molecule has 0 aliphatic carbocycles. The van der Waals surface area contributed by atoms with E-state index in [0.717, 1.165) is 12.1 Å². The second-order valence-electron chi connectivity index (χ2n) is 4.10. The van der Waals surface area contributed by atoms with Gasteiger partial charge in [-0.3, -0.25) is 4.79 Å². The second-order valence-corrected chi connectivity index (χ2v) is 4.10. The largest absolute Gasteiger partial charge is 0.399 e. The number of anilines is 2. The molecular weight excluding hydrogens is 188 g/mol. The molecule has 0 saturated heterocycles. The van der Waals surface area contributed by atoms with Crippen LogP contribution in [0, 0.1) is 5.92 Å². The number of rotatable bonds is 4. The first-order valence-corrected chi connectivity index (χ1v) is 5.23. The molecule has 0 radical (unpaired) electrons. The summed E-state index contributed by atoms with van der Waals surface area (Å²) >= 11 is 0. The van der Waals surface area contributed by atoms with Crippen molar-refractivity contribution in [2.45, 2.75) is 26.7 Å². The maximum absolute atomic E-state index is 11.5. The Balaban J connectivity index is 2.41. The average Bonchev–Trinajstić information content (AvgIpc) is 2.19. The summed E-state index contributed by atoms with van der Waals surface area (Å²) in [5.41, 5.74) is 7.05. The van der Waals surface area contributed by atoms with Crippen LogP contribution in [0.15, 0.2) is 24.3 Å². The van der Waals surface area contributed by atoms with Gasteiger partial charge in [0.15, 0.2) is 0 Å². The second kappa shape index (κ2) is 5.39. The van der Waals surface area contributed by atoms with E-state index in [-0.39, 0.29) is 5.91 Å². The van der Waals surface area contributed by atoms with Gasteiger partial charge in [0.1, 0.15) is 0 Å². The standard InChI is InChI=1S/C12H18N2O/c1-9(2)3-8-12(15)14-11-6-4-10(13)5-7-11/h4-7,9H,3,8,13H2,1-2H3,(H,14,15). The van der Waals surface area contributed by atoms with Gasteiger partial charge >= 0.3 is 0 Å². The number of hydrogen-bond donors (Lipinski definition) is 2. The van der Waals surface area contributed by atoms with Crippen molar-refractivity contribution in [1.82, 2.24) is 0 Å². The average molecular weight is 206 g/mol. The van der Waals surface area contributed by atoms with E-state index in [1.165, 1.54) is 0 Å². The quantitative estimate of drug-likeness (QED) is 0.744. The first kappa shape index (κ1) is 11.6. The van der Waals surface area contributed by atoms with Gasteiger partial charge in [0.25, 0.3) is 0 Å². The molecule has 3 nitrogen and oxygen atoms in total. The van der Waals surface area contributed by atoms with Crippen molar-refractivity contribution in [3.05, 3.63) is 24.3 Å². The summed E-state index contributed by atoms with van der Waals surface area (Å²) in [6, 6.07) is 7.17. The Bertz CT molecular complexity index is 317. The van der Waals surface area contributed by atoms with E-state index in [1.807, 2.05) is 12.1 Å². The molecule has 1 amide bonds. The van der Waals surface area contributed by atoms with Gasteiger partial charge in [-0.05, 0) is 36.6 Å². The highest BCUT2D eigenvalue weighted by Crippen LogP contribution is 2.11. The number of hydrogen-bond acceptors (Lipinski definition) is 2. The van der Waals surface area contributed by atoms with Gasteiger partial charge in [0.05, 0.1) is 0 Å². The van der Waals surface area contributed by atoms with Gasteiger partial charge in [-0.1, -0.05) is 13.8 Å². The zero-order valence-electron chi connectivity index (χ0n) is 9.29. The zero-order valence-corrected chi connectivity index (χ0v) is 9.29. The fraction of sp³-hybridized carbons (Fsp3) is 0.417. The van der Waals surface area contributed by atoms with Crippen LogP contribution in [0.3, 0.4) is 0 Å². The predicted molar refractivity (Wildman–Crippen MR) is 63.6 cm³/mol. The molecule has 3 heteroatoms. The topological polar surface area (TPSA) is 55.1 Å². The van der Waals surface area contributed by atoms with Gasteiger partial charge < -0.3 is 11.1 Å². The lowest BCUT2D eigenvalue weighted by Gasteiger charge is -2.06. The summed E-state index contributed by atoms with van der Waals surface area (Å²) in [5, 5.41) is 2.83. The molecule has 0 fully saturated rings. The van der Waals surface area contributed by atoms with Crippen LogP contribution < -0.4 is 11.1 Å². The van der Waals surface area contributed by atoms with Crippen LogP contribution in [-0.4, -0.2) is 5.91 Å². The van der Waals surface area contributed by atoms with Crippen molar-refractivity contribution in [2.75, 3.05) is 11.1 Å². The first-order chi connectivity index (χ1) is 7.08. The number of benzene rings is 1. The zero-order chi connectivity index (χ0) is 11.3. The van der Waals surface area contributed by atoms with Crippen molar-refractivity contribution in [2.24, 2.45) is 5.92 Å². The molecule has 0 saturated carbocycles. The van der Waals surface area contributed by atoms with E-state index in [9.17, 15) is 4.79 Å². The molecule has 82 valence electrons. The molecule has 0 aliphatic heterocycles. The SMILES string of the molecule is CC(C)CCC(=O)Nc1ccc(N)cc1. The van der Waals surface area contributed by atoms with Crippen molar-refractivity contribution in [3.8, 4) is 0 Å². The molecule has 1 aromatic rings. The summed E-state index contributed by atoms with van der Waals surface area (Å²) < 4.78 is 0. The Morgan fingerprint density at radius 1 is 1.33 bits per heavy atom. The number of carbonyl (C=O) groups excluding carboxylic acids is 1. The van der Waals surface area contributed by atoms with Gasteiger partial charge in [-0.25, -0.2) is 0 Å². The van der Waals surface area contributed by atoms with Crippen molar-refractivity contribution in [1.29, 1.82) is 0 Å². The van der Waals surface area contributed by atoms with E-state index in [0.29, 0.717) is 18.0 Å². The number of carbonyl (C=O) groups is 1. The van der Waals surface area contributed by atoms with E-state index in [1.54, 1.807) is 12.1 Å². The van der Waals surface area contributed by atoms with Crippen molar-refractivity contribution < 1.29 is 4.79 Å². The van der Waals surface area contributed by atoms with Crippen molar-refractivity contribution in [3.63, 3.8) is 0 Å². The van der Waals surface area contributed by atoms with Crippen LogP contribution >= 0.6 is 0 Å². The molecule has 3 N–H and O–H groups in total. The number of nitrogen functional groups attached to an aromatic ring is 1. The lowest BCUT2D eigenvalue weighted by molar-refractivity contribution is -0.116. The highest BCUT2D eigenvalue weighted by molar-refractivity contribution is 5.90.